The van der Waals surface area contributed by atoms with E-state index in [9.17, 15) is 9.59 Å². The van der Waals surface area contributed by atoms with Crippen molar-refractivity contribution in [2.75, 3.05) is 12.0 Å². The molecule has 0 aliphatic heterocycles. The maximum absolute atomic E-state index is 11.9. The van der Waals surface area contributed by atoms with Crippen LogP contribution in [0.3, 0.4) is 0 Å². The van der Waals surface area contributed by atoms with Crippen molar-refractivity contribution in [2.45, 2.75) is 18.9 Å². The van der Waals surface area contributed by atoms with E-state index in [0.29, 0.717) is 27.8 Å². The Balaban J connectivity index is 2.63. The second-order valence-electron chi connectivity index (χ2n) is 4.15. The van der Waals surface area contributed by atoms with E-state index in [0.717, 1.165) is 0 Å². The number of carbonyl (C=O) groups excluding carboxylic acids is 1. The molecule has 7 heteroatoms. The van der Waals surface area contributed by atoms with Gasteiger partial charge in [-0.25, -0.2) is 4.79 Å². The second-order valence-corrected chi connectivity index (χ2v) is 5.98. The maximum Gasteiger partial charge on any atom is 0.326 e. The number of carboxylic acids is 1. The molecular formula is C13H15Cl2NO3S. The topological polar surface area (TPSA) is 66.4 Å². The maximum atomic E-state index is 11.9. The van der Waals surface area contributed by atoms with Crippen molar-refractivity contribution >= 4 is 46.8 Å². The molecule has 0 fully saturated rings. The van der Waals surface area contributed by atoms with E-state index < -0.39 is 12.0 Å². The van der Waals surface area contributed by atoms with Crippen LogP contribution in [0.25, 0.3) is 0 Å². The monoisotopic (exact) mass is 335 g/mol. The predicted molar refractivity (Wildman–Crippen MR) is 82.7 cm³/mol. The molecule has 1 rings (SSSR count). The van der Waals surface area contributed by atoms with Gasteiger partial charge in [0, 0.05) is 10.0 Å². The molecule has 0 saturated heterocycles. The van der Waals surface area contributed by atoms with Crippen molar-refractivity contribution in [1.82, 2.24) is 5.32 Å². The van der Waals surface area contributed by atoms with Gasteiger partial charge in [0.05, 0.1) is 6.42 Å². The molecule has 0 bridgehead atoms. The summed E-state index contributed by atoms with van der Waals surface area (Å²) in [5, 5.41) is 12.4. The molecule has 1 amide bonds. The van der Waals surface area contributed by atoms with Crippen molar-refractivity contribution < 1.29 is 14.7 Å². The van der Waals surface area contributed by atoms with E-state index in [1.54, 1.807) is 18.2 Å². The lowest BCUT2D eigenvalue weighted by molar-refractivity contribution is -0.141. The van der Waals surface area contributed by atoms with Gasteiger partial charge in [-0.05, 0) is 36.1 Å². The number of thioether (sulfide) groups is 1. The summed E-state index contributed by atoms with van der Waals surface area (Å²) in [4.78, 5) is 22.9. The molecule has 1 unspecified atom stereocenters. The zero-order chi connectivity index (χ0) is 15.1. The molecule has 0 heterocycles. The van der Waals surface area contributed by atoms with Gasteiger partial charge in [-0.1, -0.05) is 29.3 Å². The van der Waals surface area contributed by atoms with E-state index in [1.165, 1.54) is 11.8 Å². The van der Waals surface area contributed by atoms with Crippen molar-refractivity contribution in [3.8, 4) is 0 Å². The van der Waals surface area contributed by atoms with Gasteiger partial charge in [-0.2, -0.15) is 11.8 Å². The summed E-state index contributed by atoms with van der Waals surface area (Å²) in [7, 11) is 0. The van der Waals surface area contributed by atoms with E-state index in [4.69, 9.17) is 28.3 Å². The third-order valence-electron chi connectivity index (χ3n) is 2.61. The highest BCUT2D eigenvalue weighted by molar-refractivity contribution is 7.98. The number of carboxylic acid groups (broad SMARTS) is 1. The van der Waals surface area contributed by atoms with Crippen LogP contribution in [0, 0.1) is 0 Å². The number of amides is 1. The Kier molecular flexibility index (Phi) is 7.19. The summed E-state index contributed by atoms with van der Waals surface area (Å²) in [5.74, 6) is -0.740. The molecule has 0 aliphatic rings. The number of nitrogens with one attached hydrogen (secondary N) is 1. The molecule has 1 atom stereocenters. The molecule has 1 aromatic rings. The molecule has 1 aromatic carbocycles. The molecule has 110 valence electrons. The van der Waals surface area contributed by atoms with Crippen molar-refractivity contribution in [2.24, 2.45) is 0 Å². The first kappa shape index (κ1) is 17.1. The number of benzene rings is 1. The van der Waals surface area contributed by atoms with Crippen LogP contribution in [0.5, 0.6) is 0 Å². The summed E-state index contributed by atoms with van der Waals surface area (Å²) >= 11 is 13.3. The molecule has 20 heavy (non-hydrogen) atoms. The molecular weight excluding hydrogens is 321 g/mol. The number of halogens is 2. The average molecular weight is 336 g/mol. The Morgan fingerprint density at radius 1 is 1.40 bits per heavy atom. The third kappa shape index (κ3) is 5.61. The second kappa shape index (κ2) is 8.39. The number of hydrogen-bond donors (Lipinski definition) is 2. The van der Waals surface area contributed by atoms with Gasteiger partial charge < -0.3 is 10.4 Å². The molecule has 4 nitrogen and oxygen atoms in total. The summed E-state index contributed by atoms with van der Waals surface area (Å²) in [6, 6.07) is 3.97. The smallest absolute Gasteiger partial charge is 0.326 e. The summed E-state index contributed by atoms with van der Waals surface area (Å²) in [5.41, 5.74) is 0.613. The molecule has 0 spiro atoms. The van der Waals surface area contributed by atoms with Gasteiger partial charge >= 0.3 is 5.97 Å². The van der Waals surface area contributed by atoms with Crippen LogP contribution in [0.2, 0.25) is 10.0 Å². The summed E-state index contributed by atoms with van der Waals surface area (Å²) in [6.07, 6.45) is 2.30. The Labute approximate surface area is 131 Å². The summed E-state index contributed by atoms with van der Waals surface area (Å²) < 4.78 is 0. The number of carbonyl (C=O) groups is 2. The van der Waals surface area contributed by atoms with Gasteiger partial charge in [0.15, 0.2) is 0 Å². The van der Waals surface area contributed by atoms with Crippen molar-refractivity contribution in [3.05, 3.63) is 33.8 Å². The van der Waals surface area contributed by atoms with Gasteiger partial charge in [0.25, 0.3) is 0 Å². The number of rotatable bonds is 7. The van der Waals surface area contributed by atoms with Crippen LogP contribution in [0.15, 0.2) is 18.2 Å². The lowest BCUT2D eigenvalue weighted by Crippen LogP contribution is -2.41. The van der Waals surface area contributed by atoms with Crippen LogP contribution in [0.4, 0.5) is 0 Å². The Morgan fingerprint density at radius 3 is 2.65 bits per heavy atom. The van der Waals surface area contributed by atoms with Gasteiger partial charge in [0.1, 0.15) is 6.04 Å². The predicted octanol–water partition coefficient (Wildman–Crippen LogP) is 2.86. The lowest BCUT2D eigenvalue weighted by atomic mass is 10.1. The molecule has 0 saturated carbocycles. The molecule has 0 radical (unpaired) electrons. The lowest BCUT2D eigenvalue weighted by Gasteiger charge is -2.14. The minimum Gasteiger partial charge on any atom is -0.480 e. The largest absolute Gasteiger partial charge is 0.480 e. The van der Waals surface area contributed by atoms with Crippen LogP contribution in [0.1, 0.15) is 12.0 Å². The molecule has 0 aromatic heterocycles. The quantitative estimate of drug-likeness (QED) is 0.804. The number of hydrogen-bond acceptors (Lipinski definition) is 3. The van der Waals surface area contributed by atoms with Crippen LogP contribution >= 0.6 is 35.0 Å². The van der Waals surface area contributed by atoms with Gasteiger partial charge in [0.2, 0.25) is 5.91 Å². The van der Waals surface area contributed by atoms with Gasteiger partial charge in [-0.15, -0.1) is 0 Å². The van der Waals surface area contributed by atoms with Gasteiger partial charge in [-0.3, -0.25) is 4.79 Å². The Bertz CT molecular complexity index is 497. The Morgan fingerprint density at radius 2 is 2.10 bits per heavy atom. The van der Waals surface area contributed by atoms with E-state index >= 15 is 0 Å². The average Bonchev–Trinajstić information content (AvgIpc) is 2.37. The number of aliphatic carboxylic acids is 1. The first-order valence-electron chi connectivity index (χ1n) is 5.89. The Hall–Kier alpha value is -0.910. The highest BCUT2D eigenvalue weighted by atomic mass is 35.5. The minimum absolute atomic E-state index is 0.0268. The van der Waals surface area contributed by atoms with Crippen LogP contribution in [-0.2, 0) is 16.0 Å². The standard InChI is InChI=1S/C13H15Cl2NO3S/c1-20-5-4-11(13(18)19)16-12(17)6-8-2-3-9(14)7-10(8)15/h2-3,7,11H,4-6H2,1H3,(H,16,17)(H,18,19). The highest BCUT2D eigenvalue weighted by Crippen LogP contribution is 2.21. The molecule has 2 N–H and O–H groups in total. The normalized spacial score (nSPS) is 11.9. The van der Waals surface area contributed by atoms with Crippen molar-refractivity contribution in [3.63, 3.8) is 0 Å². The highest BCUT2D eigenvalue weighted by Gasteiger charge is 2.19. The van der Waals surface area contributed by atoms with E-state index in [2.05, 4.69) is 5.32 Å². The van der Waals surface area contributed by atoms with Crippen LogP contribution < -0.4 is 5.32 Å². The summed E-state index contributed by atoms with van der Waals surface area (Å²) in [6.45, 7) is 0. The minimum atomic E-state index is -1.03. The van der Waals surface area contributed by atoms with E-state index in [-0.39, 0.29) is 12.3 Å². The fourth-order valence-electron chi connectivity index (χ4n) is 1.58. The zero-order valence-electron chi connectivity index (χ0n) is 10.9. The SMILES string of the molecule is CSCCC(NC(=O)Cc1ccc(Cl)cc1Cl)C(=O)O. The fourth-order valence-corrected chi connectivity index (χ4v) is 2.52. The van der Waals surface area contributed by atoms with E-state index in [1.807, 2.05) is 6.26 Å². The zero-order valence-corrected chi connectivity index (χ0v) is 13.2. The van der Waals surface area contributed by atoms with Crippen molar-refractivity contribution in [1.29, 1.82) is 0 Å². The first-order valence-corrected chi connectivity index (χ1v) is 8.04. The third-order valence-corrected chi connectivity index (χ3v) is 3.84. The first-order chi connectivity index (χ1) is 9.43. The fraction of sp³-hybridized carbons (Fsp3) is 0.385. The van der Waals surface area contributed by atoms with Crippen LogP contribution in [-0.4, -0.2) is 35.0 Å². The molecule has 0 aliphatic carbocycles.